The minimum Gasteiger partial charge on any atom is -0.375 e. The maximum absolute atomic E-state index is 13.2. The summed E-state index contributed by atoms with van der Waals surface area (Å²) in [6, 6.07) is 13.5. The lowest BCUT2D eigenvalue weighted by molar-refractivity contribution is -0.0123. The van der Waals surface area contributed by atoms with Crippen molar-refractivity contribution in [2.45, 2.75) is 13.0 Å². The van der Waals surface area contributed by atoms with E-state index in [0.717, 1.165) is 22.2 Å². The van der Waals surface area contributed by atoms with Crippen LogP contribution in [0.1, 0.15) is 17.3 Å². The number of ether oxygens (including phenoxy) is 1. The van der Waals surface area contributed by atoms with Crippen LogP contribution in [0.25, 0.3) is 22.2 Å². The lowest BCUT2D eigenvalue weighted by atomic mass is 10.0. The van der Waals surface area contributed by atoms with Crippen LogP contribution >= 0.6 is 0 Å². The predicted octanol–water partition coefficient (Wildman–Crippen LogP) is 3.16. The number of hydrogen-bond donors (Lipinski definition) is 0. The van der Waals surface area contributed by atoms with Gasteiger partial charge in [-0.1, -0.05) is 18.2 Å². The second-order valence-corrected chi connectivity index (χ2v) is 6.25. The molecule has 1 aliphatic heterocycles. The Labute approximate surface area is 146 Å². The van der Waals surface area contributed by atoms with Gasteiger partial charge in [-0.2, -0.15) is 0 Å². The van der Waals surface area contributed by atoms with Gasteiger partial charge < -0.3 is 9.64 Å². The summed E-state index contributed by atoms with van der Waals surface area (Å²) in [5.41, 5.74) is 3.15. The SMILES string of the molecule is CC1CN(C(=O)c2cc(-c3cccnc3)nc3ccccc23)CCO1. The van der Waals surface area contributed by atoms with Gasteiger partial charge in [-0.15, -0.1) is 0 Å². The van der Waals surface area contributed by atoms with E-state index >= 15 is 0 Å². The van der Waals surface area contributed by atoms with Crippen molar-refractivity contribution in [3.8, 4) is 11.3 Å². The molecule has 1 atom stereocenters. The third-order valence-electron chi connectivity index (χ3n) is 4.43. The second kappa shape index (κ2) is 6.61. The average Bonchev–Trinajstić information content (AvgIpc) is 2.67. The lowest BCUT2D eigenvalue weighted by Crippen LogP contribution is -2.44. The Morgan fingerprint density at radius 3 is 2.92 bits per heavy atom. The first-order chi connectivity index (χ1) is 12.2. The molecule has 0 saturated carbocycles. The first-order valence-electron chi connectivity index (χ1n) is 8.43. The van der Waals surface area contributed by atoms with E-state index in [1.807, 2.05) is 54.3 Å². The van der Waals surface area contributed by atoms with Gasteiger partial charge in [0.2, 0.25) is 0 Å². The zero-order valence-corrected chi connectivity index (χ0v) is 14.1. The summed E-state index contributed by atoms with van der Waals surface area (Å²) in [5.74, 6) is 0.0268. The Balaban J connectivity index is 1.82. The summed E-state index contributed by atoms with van der Waals surface area (Å²) in [7, 11) is 0. The van der Waals surface area contributed by atoms with E-state index in [1.165, 1.54) is 0 Å². The molecule has 0 radical (unpaired) electrons. The topological polar surface area (TPSA) is 55.3 Å². The molecule has 0 aliphatic carbocycles. The average molecular weight is 333 g/mol. The van der Waals surface area contributed by atoms with Crippen LogP contribution in [0.3, 0.4) is 0 Å². The zero-order chi connectivity index (χ0) is 17.2. The number of carbonyl (C=O) groups is 1. The molecule has 0 N–H and O–H groups in total. The van der Waals surface area contributed by atoms with E-state index in [9.17, 15) is 4.79 Å². The van der Waals surface area contributed by atoms with Crippen molar-refractivity contribution in [3.63, 3.8) is 0 Å². The predicted molar refractivity (Wildman–Crippen MR) is 96.3 cm³/mol. The number of carbonyl (C=O) groups excluding carboxylic acids is 1. The normalized spacial score (nSPS) is 17.6. The summed E-state index contributed by atoms with van der Waals surface area (Å²) >= 11 is 0. The Morgan fingerprint density at radius 1 is 1.24 bits per heavy atom. The van der Waals surface area contributed by atoms with Crippen LogP contribution in [-0.2, 0) is 4.74 Å². The van der Waals surface area contributed by atoms with Crippen LogP contribution in [0.4, 0.5) is 0 Å². The van der Waals surface area contributed by atoms with Gasteiger partial charge in [0.1, 0.15) is 0 Å². The molecular formula is C20H19N3O2. The van der Waals surface area contributed by atoms with Gasteiger partial charge in [0.15, 0.2) is 0 Å². The highest BCUT2D eigenvalue weighted by Crippen LogP contribution is 2.26. The molecular weight excluding hydrogens is 314 g/mol. The molecule has 1 saturated heterocycles. The molecule has 2 aromatic heterocycles. The fraction of sp³-hybridized carbons (Fsp3) is 0.250. The van der Waals surface area contributed by atoms with Gasteiger partial charge in [0, 0.05) is 36.4 Å². The Bertz CT molecular complexity index is 911. The molecule has 1 aromatic carbocycles. The van der Waals surface area contributed by atoms with Crippen molar-refractivity contribution < 1.29 is 9.53 Å². The molecule has 0 bridgehead atoms. The number of morpholine rings is 1. The summed E-state index contributed by atoms with van der Waals surface area (Å²) < 4.78 is 5.56. The minimum absolute atomic E-state index is 0.0268. The monoisotopic (exact) mass is 333 g/mol. The van der Waals surface area contributed by atoms with Crippen molar-refractivity contribution in [2.75, 3.05) is 19.7 Å². The van der Waals surface area contributed by atoms with Gasteiger partial charge in [-0.25, -0.2) is 4.98 Å². The standard InChI is InChI=1S/C20H19N3O2/c1-14-13-23(9-10-25-14)20(24)17-11-19(15-5-4-8-21-12-15)22-18-7-3-2-6-16(17)18/h2-8,11-12,14H,9-10,13H2,1H3. The van der Waals surface area contributed by atoms with Gasteiger partial charge >= 0.3 is 0 Å². The Kier molecular flexibility index (Phi) is 4.15. The summed E-state index contributed by atoms with van der Waals surface area (Å²) in [6.45, 7) is 3.79. The first-order valence-corrected chi connectivity index (χ1v) is 8.43. The number of rotatable bonds is 2. The van der Waals surface area contributed by atoms with Crippen LogP contribution < -0.4 is 0 Å². The lowest BCUT2D eigenvalue weighted by Gasteiger charge is -2.31. The van der Waals surface area contributed by atoms with Gasteiger partial charge in [-0.05, 0) is 31.2 Å². The van der Waals surface area contributed by atoms with Crippen molar-refractivity contribution in [1.82, 2.24) is 14.9 Å². The summed E-state index contributed by atoms with van der Waals surface area (Å²) in [5, 5.41) is 0.874. The number of para-hydroxylation sites is 1. The minimum atomic E-state index is 0.0268. The highest BCUT2D eigenvalue weighted by Gasteiger charge is 2.24. The molecule has 1 aliphatic rings. The number of pyridine rings is 2. The van der Waals surface area contributed by atoms with Crippen molar-refractivity contribution in [2.24, 2.45) is 0 Å². The molecule has 126 valence electrons. The second-order valence-electron chi connectivity index (χ2n) is 6.25. The summed E-state index contributed by atoms with van der Waals surface area (Å²) in [6.07, 6.45) is 3.55. The molecule has 1 unspecified atom stereocenters. The van der Waals surface area contributed by atoms with E-state index in [0.29, 0.717) is 25.3 Å². The van der Waals surface area contributed by atoms with Crippen LogP contribution in [0, 0.1) is 0 Å². The Hall–Kier alpha value is -2.79. The van der Waals surface area contributed by atoms with E-state index in [2.05, 4.69) is 4.98 Å². The van der Waals surface area contributed by atoms with E-state index in [-0.39, 0.29) is 12.0 Å². The van der Waals surface area contributed by atoms with Gasteiger partial charge in [-0.3, -0.25) is 9.78 Å². The maximum Gasteiger partial charge on any atom is 0.254 e. The summed E-state index contributed by atoms with van der Waals surface area (Å²) in [4.78, 5) is 23.9. The third-order valence-corrected chi connectivity index (χ3v) is 4.43. The number of amides is 1. The van der Waals surface area contributed by atoms with Crippen molar-refractivity contribution in [3.05, 3.63) is 60.4 Å². The molecule has 3 heterocycles. The van der Waals surface area contributed by atoms with E-state index in [4.69, 9.17) is 9.72 Å². The molecule has 1 fully saturated rings. The molecule has 3 aromatic rings. The van der Waals surface area contributed by atoms with Gasteiger partial charge in [0.25, 0.3) is 5.91 Å². The number of aromatic nitrogens is 2. The van der Waals surface area contributed by atoms with Crippen LogP contribution in [0.2, 0.25) is 0 Å². The number of benzene rings is 1. The van der Waals surface area contributed by atoms with Crippen molar-refractivity contribution in [1.29, 1.82) is 0 Å². The first kappa shape index (κ1) is 15.7. The van der Waals surface area contributed by atoms with Gasteiger partial charge in [0.05, 0.1) is 29.5 Å². The molecule has 1 amide bonds. The maximum atomic E-state index is 13.2. The molecule has 4 rings (SSSR count). The number of nitrogens with zero attached hydrogens (tertiary/aromatic N) is 3. The Morgan fingerprint density at radius 2 is 2.12 bits per heavy atom. The molecule has 5 nitrogen and oxygen atoms in total. The molecule has 0 spiro atoms. The quantitative estimate of drug-likeness (QED) is 0.723. The van der Waals surface area contributed by atoms with Crippen LogP contribution in [-0.4, -0.2) is 46.6 Å². The zero-order valence-electron chi connectivity index (χ0n) is 14.1. The van der Waals surface area contributed by atoms with E-state index < -0.39 is 0 Å². The molecule has 5 heteroatoms. The van der Waals surface area contributed by atoms with Crippen LogP contribution in [0.15, 0.2) is 54.9 Å². The number of fused-ring (bicyclic) bond motifs is 1. The van der Waals surface area contributed by atoms with Crippen molar-refractivity contribution >= 4 is 16.8 Å². The fourth-order valence-corrected chi connectivity index (χ4v) is 3.19. The molecule has 25 heavy (non-hydrogen) atoms. The smallest absolute Gasteiger partial charge is 0.254 e. The fourth-order valence-electron chi connectivity index (χ4n) is 3.19. The van der Waals surface area contributed by atoms with Crippen LogP contribution in [0.5, 0.6) is 0 Å². The highest BCUT2D eigenvalue weighted by molar-refractivity contribution is 6.07. The van der Waals surface area contributed by atoms with E-state index in [1.54, 1.807) is 12.4 Å². The highest BCUT2D eigenvalue weighted by atomic mass is 16.5. The number of hydrogen-bond acceptors (Lipinski definition) is 4. The third kappa shape index (κ3) is 3.10. The largest absolute Gasteiger partial charge is 0.375 e.